The molecule has 0 aliphatic carbocycles. The van der Waals surface area contributed by atoms with Crippen LogP contribution < -0.4 is 15.5 Å². The molecule has 1 heterocycles. The van der Waals surface area contributed by atoms with Crippen LogP contribution in [0.4, 0.5) is 5.69 Å². The molecule has 1 saturated heterocycles. The van der Waals surface area contributed by atoms with Gasteiger partial charge in [0.1, 0.15) is 0 Å². The standard InChI is InChI=1S/C19H30ClN5O.HI/c1-19(2,3)17(26)22-9-10-23-18(21-4)25-13-11-24(12-14-25)16-8-6-5-7-15(16)20;/h5-8H,9-14H2,1-4H3,(H,21,23)(H,22,26);1H. The number of guanidine groups is 1. The highest BCUT2D eigenvalue weighted by Crippen LogP contribution is 2.25. The summed E-state index contributed by atoms with van der Waals surface area (Å²) in [5.41, 5.74) is 0.720. The minimum Gasteiger partial charge on any atom is -0.367 e. The quantitative estimate of drug-likeness (QED) is 0.285. The summed E-state index contributed by atoms with van der Waals surface area (Å²) in [6.45, 7) is 10.5. The molecule has 1 aliphatic rings. The van der Waals surface area contributed by atoms with Crippen molar-refractivity contribution in [1.29, 1.82) is 0 Å². The van der Waals surface area contributed by atoms with E-state index in [1.54, 1.807) is 7.05 Å². The molecule has 0 spiro atoms. The van der Waals surface area contributed by atoms with Gasteiger partial charge >= 0.3 is 0 Å². The van der Waals surface area contributed by atoms with Gasteiger partial charge in [-0.15, -0.1) is 24.0 Å². The second-order valence-electron chi connectivity index (χ2n) is 7.41. The van der Waals surface area contributed by atoms with Crippen LogP contribution in [-0.4, -0.2) is 63.1 Å². The molecule has 0 atom stereocenters. The van der Waals surface area contributed by atoms with E-state index in [4.69, 9.17) is 11.6 Å². The van der Waals surface area contributed by atoms with Gasteiger partial charge in [-0.1, -0.05) is 44.5 Å². The molecule has 0 unspecified atom stereocenters. The van der Waals surface area contributed by atoms with Gasteiger partial charge in [-0.3, -0.25) is 9.79 Å². The Balaban J connectivity index is 0.00000364. The molecular formula is C19H31ClIN5O. The van der Waals surface area contributed by atoms with Gasteiger partial charge in [0.15, 0.2) is 5.96 Å². The minimum atomic E-state index is -0.364. The number of nitrogens with zero attached hydrogens (tertiary/aromatic N) is 3. The maximum Gasteiger partial charge on any atom is 0.225 e. The second-order valence-corrected chi connectivity index (χ2v) is 7.81. The number of halogens is 2. The van der Waals surface area contributed by atoms with Crippen molar-refractivity contribution in [3.05, 3.63) is 29.3 Å². The maximum atomic E-state index is 11.9. The first-order valence-corrected chi connectivity index (χ1v) is 9.44. The van der Waals surface area contributed by atoms with E-state index in [0.29, 0.717) is 13.1 Å². The lowest BCUT2D eigenvalue weighted by Gasteiger charge is -2.38. The van der Waals surface area contributed by atoms with Gasteiger partial charge in [0.2, 0.25) is 5.91 Å². The maximum absolute atomic E-state index is 11.9. The molecule has 1 amide bonds. The highest BCUT2D eigenvalue weighted by Gasteiger charge is 2.22. The second kappa shape index (κ2) is 10.9. The first-order valence-electron chi connectivity index (χ1n) is 9.06. The van der Waals surface area contributed by atoms with E-state index in [-0.39, 0.29) is 35.3 Å². The van der Waals surface area contributed by atoms with E-state index in [2.05, 4.69) is 31.5 Å². The van der Waals surface area contributed by atoms with Crippen molar-refractivity contribution >= 4 is 53.1 Å². The number of carbonyl (C=O) groups excluding carboxylic acids is 1. The van der Waals surface area contributed by atoms with Crippen LogP contribution in [-0.2, 0) is 4.79 Å². The summed E-state index contributed by atoms with van der Waals surface area (Å²) in [6.07, 6.45) is 0. The van der Waals surface area contributed by atoms with E-state index < -0.39 is 0 Å². The van der Waals surface area contributed by atoms with Crippen LogP contribution in [0.15, 0.2) is 29.3 Å². The number of rotatable bonds is 4. The van der Waals surface area contributed by atoms with Crippen molar-refractivity contribution in [2.75, 3.05) is 51.2 Å². The molecule has 2 N–H and O–H groups in total. The van der Waals surface area contributed by atoms with Crippen LogP contribution in [0.5, 0.6) is 0 Å². The van der Waals surface area contributed by atoms with E-state index in [0.717, 1.165) is 42.8 Å². The Morgan fingerprint density at radius 2 is 1.70 bits per heavy atom. The smallest absolute Gasteiger partial charge is 0.225 e. The summed E-state index contributed by atoms with van der Waals surface area (Å²) >= 11 is 6.30. The molecule has 1 aliphatic heterocycles. The molecule has 8 heteroatoms. The summed E-state index contributed by atoms with van der Waals surface area (Å²) in [7, 11) is 1.79. The van der Waals surface area contributed by atoms with Crippen LogP contribution in [0.25, 0.3) is 0 Å². The van der Waals surface area contributed by atoms with Gasteiger partial charge in [-0.05, 0) is 12.1 Å². The van der Waals surface area contributed by atoms with E-state index in [9.17, 15) is 4.79 Å². The minimum absolute atomic E-state index is 0. The fourth-order valence-electron chi connectivity index (χ4n) is 2.82. The predicted octanol–water partition coefficient (Wildman–Crippen LogP) is 2.82. The van der Waals surface area contributed by atoms with Gasteiger partial charge in [-0.25, -0.2) is 0 Å². The zero-order valence-corrected chi connectivity index (χ0v) is 19.7. The molecule has 0 radical (unpaired) electrons. The molecule has 1 aromatic rings. The number of hydrogen-bond acceptors (Lipinski definition) is 3. The number of anilines is 1. The fourth-order valence-corrected chi connectivity index (χ4v) is 3.07. The number of aliphatic imine (C=N–C) groups is 1. The Morgan fingerprint density at radius 1 is 1.11 bits per heavy atom. The van der Waals surface area contributed by atoms with E-state index in [1.165, 1.54) is 0 Å². The molecule has 2 rings (SSSR count). The predicted molar refractivity (Wildman–Crippen MR) is 124 cm³/mol. The monoisotopic (exact) mass is 507 g/mol. The summed E-state index contributed by atoms with van der Waals surface area (Å²) in [4.78, 5) is 20.8. The average molecular weight is 508 g/mol. The molecule has 27 heavy (non-hydrogen) atoms. The number of carbonyl (C=O) groups is 1. The van der Waals surface area contributed by atoms with Crippen molar-refractivity contribution in [1.82, 2.24) is 15.5 Å². The lowest BCUT2D eigenvalue weighted by molar-refractivity contribution is -0.128. The van der Waals surface area contributed by atoms with Crippen LogP contribution >= 0.6 is 35.6 Å². The zero-order valence-electron chi connectivity index (χ0n) is 16.6. The Bertz CT molecular complexity index is 639. The Labute approximate surface area is 184 Å². The summed E-state index contributed by atoms with van der Waals surface area (Å²) in [6, 6.07) is 7.95. The molecule has 152 valence electrons. The first-order chi connectivity index (χ1) is 12.3. The lowest BCUT2D eigenvalue weighted by atomic mass is 9.96. The largest absolute Gasteiger partial charge is 0.367 e. The summed E-state index contributed by atoms with van der Waals surface area (Å²) in [5.74, 6) is 0.927. The first kappa shape index (κ1) is 23.8. The third-order valence-electron chi connectivity index (χ3n) is 4.36. The molecule has 0 saturated carbocycles. The molecule has 1 fully saturated rings. The highest BCUT2D eigenvalue weighted by molar-refractivity contribution is 14.0. The number of piperazine rings is 1. The average Bonchev–Trinajstić information content (AvgIpc) is 2.61. The number of nitrogens with one attached hydrogen (secondary N) is 2. The number of amides is 1. The highest BCUT2D eigenvalue weighted by atomic mass is 127. The Kier molecular flexibility index (Phi) is 9.66. The molecule has 0 bridgehead atoms. The Hall–Kier alpha value is -1.22. The molecule has 6 nitrogen and oxygen atoms in total. The van der Waals surface area contributed by atoms with Crippen molar-refractivity contribution in [3.8, 4) is 0 Å². The van der Waals surface area contributed by atoms with E-state index in [1.807, 2.05) is 39.0 Å². The normalized spacial score (nSPS) is 15.2. The summed E-state index contributed by atoms with van der Waals surface area (Å²) < 4.78 is 0. The third kappa shape index (κ3) is 7.03. The Morgan fingerprint density at radius 3 is 2.26 bits per heavy atom. The van der Waals surface area contributed by atoms with Crippen molar-refractivity contribution in [3.63, 3.8) is 0 Å². The van der Waals surface area contributed by atoms with Crippen LogP contribution in [0.3, 0.4) is 0 Å². The number of benzene rings is 1. The lowest BCUT2D eigenvalue weighted by Crippen LogP contribution is -2.53. The van der Waals surface area contributed by atoms with Crippen molar-refractivity contribution < 1.29 is 4.79 Å². The third-order valence-corrected chi connectivity index (χ3v) is 4.68. The van der Waals surface area contributed by atoms with Gasteiger partial charge < -0.3 is 20.4 Å². The van der Waals surface area contributed by atoms with E-state index >= 15 is 0 Å². The van der Waals surface area contributed by atoms with Crippen molar-refractivity contribution in [2.45, 2.75) is 20.8 Å². The van der Waals surface area contributed by atoms with Gasteiger partial charge in [0, 0.05) is 51.7 Å². The SMILES string of the molecule is CN=C(NCCNC(=O)C(C)(C)C)N1CCN(c2ccccc2Cl)CC1.I. The van der Waals surface area contributed by atoms with Gasteiger partial charge in [0.25, 0.3) is 0 Å². The molecule has 1 aromatic carbocycles. The zero-order chi connectivity index (χ0) is 19.2. The number of hydrogen-bond donors (Lipinski definition) is 2. The van der Waals surface area contributed by atoms with Gasteiger partial charge in [-0.2, -0.15) is 0 Å². The summed E-state index contributed by atoms with van der Waals surface area (Å²) in [5, 5.41) is 7.06. The topological polar surface area (TPSA) is 60.0 Å². The number of para-hydroxylation sites is 1. The van der Waals surface area contributed by atoms with Crippen LogP contribution in [0.1, 0.15) is 20.8 Å². The van der Waals surface area contributed by atoms with Crippen LogP contribution in [0, 0.1) is 5.41 Å². The molecular weight excluding hydrogens is 477 g/mol. The van der Waals surface area contributed by atoms with Gasteiger partial charge in [0.05, 0.1) is 10.7 Å². The van der Waals surface area contributed by atoms with Crippen molar-refractivity contribution in [2.24, 2.45) is 10.4 Å². The van der Waals surface area contributed by atoms with Crippen LogP contribution in [0.2, 0.25) is 5.02 Å². The fraction of sp³-hybridized carbons (Fsp3) is 0.579. The molecule has 0 aromatic heterocycles.